The first-order valence-electron chi connectivity index (χ1n) is 7.16. The molecule has 0 spiro atoms. The van der Waals surface area contributed by atoms with Crippen molar-refractivity contribution < 1.29 is 0 Å². The number of benzene rings is 2. The van der Waals surface area contributed by atoms with Crippen LogP contribution in [-0.2, 0) is 0 Å². The molecule has 5 heteroatoms. The van der Waals surface area contributed by atoms with Crippen LogP contribution in [-0.4, -0.2) is 9.13 Å². The second-order valence-electron chi connectivity index (χ2n) is 5.44. The molecule has 0 aliphatic heterocycles. The highest BCUT2D eigenvalue weighted by Gasteiger charge is 2.13. The van der Waals surface area contributed by atoms with Gasteiger partial charge in [0.25, 0.3) is 5.56 Å². The normalized spacial score (nSPS) is 10.7. The molecule has 1 heterocycles. The van der Waals surface area contributed by atoms with Crippen LogP contribution in [0.4, 0.5) is 0 Å². The number of halogens is 1. The van der Waals surface area contributed by atoms with Crippen molar-refractivity contribution in [3.8, 4) is 11.4 Å². The summed E-state index contributed by atoms with van der Waals surface area (Å²) in [5.41, 5.74) is 2.18. The first-order valence-corrected chi connectivity index (χ1v) is 7.54. The van der Waals surface area contributed by atoms with Crippen molar-refractivity contribution in [3.05, 3.63) is 91.7 Å². The van der Waals surface area contributed by atoms with E-state index in [1.807, 2.05) is 44.2 Å². The minimum atomic E-state index is -0.487. The number of aryl methyl sites for hydroxylation is 2. The first kappa shape index (κ1) is 15.3. The summed E-state index contributed by atoms with van der Waals surface area (Å²) in [5, 5.41) is 0.0921. The van der Waals surface area contributed by atoms with Crippen molar-refractivity contribution in [3.63, 3.8) is 0 Å². The summed E-state index contributed by atoms with van der Waals surface area (Å²) in [5.74, 6) is 0. The average molecular weight is 327 g/mol. The molecule has 0 fully saturated rings. The summed E-state index contributed by atoms with van der Waals surface area (Å²) in [6.07, 6.45) is 0. The minimum absolute atomic E-state index is 0.0921. The molecule has 116 valence electrons. The zero-order valence-electron chi connectivity index (χ0n) is 12.8. The molecular weight excluding hydrogens is 312 g/mol. The predicted molar refractivity (Wildman–Crippen MR) is 92.1 cm³/mol. The van der Waals surface area contributed by atoms with Gasteiger partial charge in [-0.2, -0.15) is 0 Å². The monoisotopic (exact) mass is 326 g/mol. The van der Waals surface area contributed by atoms with E-state index in [1.165, 1.54) is 10.6 Å². The van der Waals surface area contributed by atoms with E-state index in [1.54, 1.807) is 18.2 Å². The molecule has 0 saturated carbocycles. The SMILES string of the molecule is Cc1cccc(-n2c(Cl)cc(=O)n(-c3cccc(C)c3)c2=O)c1. The van der Waals surface area contributed by atoms with Crippen LogP contribution in [0.3, 0.4) is 0 Å². The standard InChI is InChI=1S/C18H15ClN2O2/c1-12-5-3-7-14(9-12)20-16(19)11-17(22)21(18(20)23)15-8-4-6-13(2)10-15/h3-11H,1-2H3. The van der Waals surface area contributed by atoms with Crippen LogP contribution in [0, 0.1) is 13.8 Å². The molecule has 0 radical (unpaired) electrons. The van der Waals surface area contributed by atoms with Gasteiger partial charge in [0.15, 0.2) is 0 Å². The lowest BCUT2D eigenvalue weighted by Crippen LogP contribution is -2.38. The molecule has 0 aliphatic rings. The van der Waals surface area contributed by atoms with Crippen molar-refractivity contribution >= 4 is 11.6 Å². The third-order valence-electron chi connectivity index (χ3n) is 3.58. The molecule has 23 heavy (non-hydrogen) atoms. The number of hydrogen-bond acceptors (Lipinski definition) is 2. The Kier molecular flexibility index (Phi) is 3.92. The van der Waals surface area contributed by atoms with Gasteiger partial charge in [-0.3, -0.25) is 9.36 Å². The fourth-order valence-electron chi connectivity index (χ4n) is 2.52. The van der Waals surface area contributed by atoms with Gasteiger partial charge in [-0.05, 0) is 49.2 Å². The van der Waals surface area contributed by atoms with E-state index in [0.29, 0.717) is 11.4 Å². The number of nitrogens with zero attached hydrogens (tertiary/aromatic N) is 2. The van der Waals surface area contributed by atoms with E-state index >= 15 is 0 Å². The summed E-state index contributed by atoms with van der Waals surface area (Å²) < 4.78 is 2.46. The highest BCUT2D eigenvalue weighted by atomic mass is 35.5. The summed E-state index contributed by atoms with van der Waals surface area (Å²) >= 11 is 6.16. The van der Waals surface area contributed by atoms with Crippen LogP contribution in [0.5, 0.6) is 0 Å². The molecule has 4 nitrogen and oxygen atoms in total. The lowest BCUT2D eigenvalue weighted by atomic mass is 10.2. The Morgan fingerprint density at radius 2 is 1.30 bits per heavy atom. The predicted octanol–water partition coefficient (Wildman–Crippen LogP) is 3.26. The smallest absolute Gasteiger partial charge is 0.269 e. The largest absolute Gasteiger partial charge is 0.341 e. The Balaban J connectivity index is 2.34. The third kappa shape index (κ3) is 2.85. The lowest BCUT2D eigenvalue weighted by Gasteiger charge is -2.13. The van der Waals surface area contributed by atoms with Crippen LogP contribution in [0.2, 0.25) is 5.15 Å². The Morgan fingerprint density at radius 3 is 1.83 bits per heavy atom. The fourth-order valence-corrected chi connectivity index (χ4v) is 2.79. The molecule has 0 unspecified atom stereocenters. The summed E-state index contributed by atoms with van der Waals surface area (Å²) in [6, 6.07) is 15.9. The number of rotatable bonds is 2. The van der Waals surface area contributed by atoms with E-state index in [4.69, 9.17) is 11.6 Å². The topological polar surface area (TPSA) is 44.0 Å². The lowest BCUT2D eigenvalue weighted by molar-refractivity contribution is 0.801. The van der Waals surface area contributed by atoms with Crippen LogP contribution in [0.15, 0.2) is 64.2 Å². The highest BCUT2D eigenvalue weighted by Crippen LogP contribution is 2.14. The number of aromatic nitrogens is 2. The quantitative estimate of drug-likeness (QED) is 0.678. The maximum Gasteiger partial charge on any atom is 0.341 e. The van der Waals surface area contributed by atoms with Crippen LogP contribution < -0.4 is 11.2 Å². The van der Waals surface area contributed by atoms with Crippen molar-refractivity contribution in [1.82, 2.24) is 9.13 Å². The molecule has 1 aromatic heterocycles. The highest BCUT2D eigenvalue weighted by molar-refractivity contribution is 6.29. The maximum absolute atomic E-state index is 12.9. The van der Waals surface area contributed by atoms with E-state index in [0.717, 1.165) is 15.7 Å². The summed E-state index contributed by atoms with van der Waals surface area (Å²) in [4.78, 5) is 25.2. The van der Waals surface area contributed by atoms with Gasteiger partial charge in [0.05, 0.1) is 11.4 Å². The van der Waals surface area contributed by atoms with Gasteiger partial charge in [0.2, 0.25) is 0 Å². The Bertz CT molecular complexity index is 1000. The number of hydrogen-bond donors (Lipinski definition) is 0. The maximum atomic E-state index is 12.9. The van der Waals surface area contributed by atoms with Crippen molar-refractivity contribution in [2.45, 2.75) is 13.8 Å². The molecule has 0 atom stereocenters. The van der Waals surface area contributed by atoms with Gasteiger partial charge in [0.1, 0.15) is 5.15 Å². The Hall–Kier alpha value is -2.59. The van der Waals surface area contributed by atoms with Crippen molar-refractivity contribution in [2.24, 2.45) is 0 Å². The van der Waals surface area contributed by atoms with E-state index in [2.05, 4.69) is 0 Å². The molecule has 3 aromatic rings. The second-order valence-corrected chi connectivity index (χ2v) is 5.82. The molecule has 0 amide bonds. The molecule has 0 aliphatic carbocycles. The van der Waals surface area contributed by atoms with E-state index in [-0.39, 0.29) is 5.15 Å². The van der Waals surface area contributed by atoms with Crippen LogP contribution in [0.25, 0.3) is 11.4 Å². The third-order valence-corrected chi connectivity index (χ3v) is 3.86. The average Bonchev–Trinajstić information content (AvgIpc) is 2.47. The van der Waals surface area contributed by atoms with Gasteiger partial charge in [-0.1, -0.05) is 35.9 Å². The molecule has 0 bridgehead atoms. The Morgan fingerprint density at radius 1 is 0.783 bits per heavy atom. The van der Waals surface area contributed by atoms with Crippen molar-refractivity contribution in [1.29, 1.82) is 0 Å². The van der Waals surface area contributed by atoms with Gasteiger partial charge in [-0.25, -0.2) is 9.36 Å². The Labute approximate surface area is 138 Å². The molecule has 2 aromatic carbocycles. The van der Waals surface area contributed by atoms with Crippen molar-refractivity contribution in [2.75, 3.05) is 0 Å². The summed E-state index contributed by atoms with van der Waals surface area (Å²) in [7, 11) is 0. The summed E-state index contributed by atoms with van der Waals surface area (Å²) in [6.45, 7) is 3.84. The second kappa shape index (κ2) is 5.89. The zero-order valence-corrected chi connectivity index (χ0v) is 13.5. The molecule has 0 N–H and O–H groups in total. The van der Waals surface area contributed by atoms with Crippen LogP contribution in [0.1, 0.15) is 11.1 Å². The van der Waals surface area contributed by atoms with E-state index < -0.39 is 11.2 Å². The van der Waals surface area contributed by atoms with Gasteiger partial charge >= 0.3 is 5.69 Å². The zero-order chi connectivity index (χ0) is 16.6. The molecular formula is C18H15ClN2O2. The first-order chi connectivity index (χ1) is 11.0. The van der Waals surface area contributed by atoms with Gasteiger partial charge in [-0.15, -0.1) is 0 Å². The fraction of sp³-hybridized carbons (Fsp3) is 0.111. The van der Waals surface area contributed by atoms with Crippen LogP contribution >= 0.6 is 11.6 Å². The van der Waals surface area contributed by atoms with Gasteiger partial charge < -0.3 is 0 Å². The van der Waals surface area contributed by atoms with Gasteiger partial charge in [0, 0.05) is 6.07 Å². The molecule has 3 rings (SSSR count). The van der Waals surface area contributed by atoms with E-state index in [9.17, 15) is 9.59 Å². The molecule has 0 saturated heterocycles. The minimum Gasteiger partial charge on any atom is -0.269 e.